The van der Waals surface area contributed by atoms with E-state index in [0.717, 1.165) is 5.57 Å². The van der Waals surface area contributed by atoms with Crippen molar-refractivity contribution in [1.29, 1.82) is 0 Å². The highest BCUT2D eigenvalue weighted by Crippen LogP contribution is 2.35. The third kappa shape index (κ3) is 4.25. The molecule has 1 aliphatic carbocycles. The van der Waals surface area contributed by atoms with Crippen LogP contribution in [0.3, 0.4) is 0 Å². The highest BCUT2D eigenvalue weighted by atomic mass is 16.6. The molecule has 2 aliphatic rings. The largest absolute Gasteiger partial charge is 0.444 e. The van der Waals surface area contributed by atoms with E-state index < -0.39 is 11.3 Å². The lowest BCUT2D eigenvalue weighted by molar-refractivity contribution is -0.0613. The van der Waals surface area contributed by atoms with Crippen LogP contribution in [0.1, 0.15) is 48.5 Å². The number of allylic oxidation sites excluding steroid dienone is 4. The van der Waals surface area contributed by atoms with Gasteiger partial charge in [0, 0.05) is 5.41 Å². The van der Waals surface area contributed by atoms with Crippen molar-refractivity contribution in [1.82, 2.24) is 4.90 Å². The molecule has 0 N–H and O–H groups in total. The predicted octanol–water partition coefficient (Wildman–Crippen LogP) is 4.44. The second-order valence-electron chi connectivity index (χ2n) is 8.31. The van der Waals surface area contributed by atoms with Gasteiger partial charge in [0.15, 0.2) is 0 Å². The first kappa shape index (κ1) is 17.8. The van der Waals surface area contributed by atoms with Gasteiger partial charge in [0.25, 0.3) is 0 Å². The zero-order valence-electron chi connectivity index (χ0n) is 15.3. The Morgan fingerprint density at radius 3 is 2.52 bits per heavy atom. The van der Waals surface area contributed by atoms with Gasteiger partial charge >= 0.3 is 6.09 Å². The number of rotatable bonds is 1. The topological polar surface area (TPSA) is 38.8 Å². The summed E-state index contributed by atoms with van der Waals surface area (Å²) in [6, 6.07) is -0.143. The Kier molecular flexibility index (Phi) is 4.51. The second-order valence-corrected chi connectivity index (χ2v) is 8.31. The van der Waals surface area contributed by atoms with Gasteiger partial charge in [-0.3, -0.25) is 4.90 Å². The van der Waals surface area contributed by atoms with Gasteiger partial charge in [0.1, 0.15) is 11.3 Å². The Hall–Kier alpha value is -1.55. The van der Waals surface area contributed by atoms with Crippen LogP contribution in [0.5, 0.6) is 0 Å². The fraction of sp³-hybridized carbons (Fsp3) is 0.632. The van der Waals surface area contributed by atoms with E-state index in [1.807, 2.05) is 46.8 Å². The molecule has 1 atom stereocenters. The minimum atomic E-state index is -0.689. The van der Waals surface area contributed by atoms with Gasteiger partial charge in [-0.15, -0.1) is 0 Å². The van der Waals surface area contributed by atoms with Gasteiger partial charge in [-0.2, -0.15) is 0 Å². The van der Waals surface area contributed by atoms with E-state index in [0.29, 0.717) is 6.61 Å². The molecule has 23 heavy (non-hydrogen) atoms. The lowest BCUT2D eigenvalue weighted by atomic mass is 9.89. The molecule has 0 aromatic carbocycles. The molecule has 0 radical (unpaired) electrons. The highest BCUT2D eigenvalue weighted by molar-refractivity contribution is 5.70. The summed E-state index contributed by atoms with van der Waals surface area (Å²) in [5.41, 5.74) is -0.206. The van der Waals surface area contributed by atoms with Crippen molar-refractivity contribution >= 4 is 6.09 Å². The number of ether oxygens (including phenoxy) is 2. The molecule has 128 valence electrons. The Morgan fingerprint density at radius 1 is 1.26 bits per heavy atom. The summed E-state index contributed by atoms with van der Waals surface area (Å²) >= 11 is 0. The molecule has 1 saturated heterocycles. The summed E-state index contributed by atoms with van der Waals surface area (Å²) in [5, 5.41) is 0. The van der Waals surface area contributed by atoms with E-state index >= 15 is 0 Å². The van der Waals surface area contributed by atoms with E-state index in [1.54, 1.807) is 4.90 Å². The molecule has 4 nitrogen and oxygen atoms in total. The van der Waals surface area contributed by atoms with Gasteiger partial charge in [-0.1, -0.05) is 44.2 Å². The smallest absolute Gasteiger partial charge is 0.413 e. The Labute approximate surface area is 139 Å². The van der Waals surface area contributed by atoms with Crippen LogP contribution in [-0.2, 0) is 9.47 Å². The molecule has 2 rings (SSSR count). The molecule has 1 aliphatic heterocycles. The predicted molar refractivity (Wildman–Crippen MR) is 92.0 cm³/mol. The SMILES string of the molecule is CC1(C)C=CC=CC(C2COC(C)(C)N2C(=O)OC(C)(C)C)=C1. The normalized spacial score (nSPS) is 26.0. The minimum absolute atomic E-state index is 0.0643. The number of carbonyl (C=O) groups excluding carboxylic acids is 1. The van der Waals surface area contributed by atoms with Crippen molar-refractivity contribution in [3.05, 3.63) is 36.0 Å². The van der Waals surface area contributed by atoms with Crippen molar-refractivity contribution < 1.29 is 14.3 Å². The fourth-order valence-electron chi connectivity index (χ4n) is 2.91. The summed E-state index contributed by atoms with van der Waals surface area (Å²) in [4.78, 5) is 14.5. The van der Waals surface area contributed by atoms with Crippen LogP contribution in [0.25, 0.3) is 0 Å². The first-order valence-corrected chi connectivity index (χ1v) is 8.16. The maximum absolute atomic E-state index is 12.7. The van der Waals surface area contributed by atoms with Crippen LogP contribution >= 0.6 is 0 Å². The molecular weight excluding hydrogens is 290 g/mol. The maximum Gasteiger partial charge on any atom is 0.413 e. The zero-order valence-corrected chi connectivity index (χ0v) is 15.3. The van der Waals surface area contributed by atoms with Gasteiger partial charge in [-0.25, -0.2) is 4.79 Å². The minimum Gasteiger partial charge on any atom is -0.444 e. The summed E-state index contributed by atoms with van der Waals surface area (Å²) in [5.74, 6) is 0. The monoisotopic (exact) mass is 319 g/mol. The van der Waals surface area contributed by atoms with Gasteiger partial charge in [0.2, 0.25) is 0 Å². The van der Waals surface area contributed by atoms with Crippen molar-refractivity contribution in [3.8, 4) is 0 Å². The summed E-state index contributed by atoms with van der Waals surface area (Å²) < 4.78 is 11.5. The highest BCUT2D eigenvalue weighted by Gasteiger charge is 2.46. The molecule has 0 aromatic rings. The van der Waals surface area contributed by atoms with E-state index in [2.05, 4.69) is 32.1 Å². The maximum atomic E-state index is 12.7. The number of hydrogen-bond acceptors (Lipinski definition) is 3. The number of carbonyl (C=O) groups is 1. The second kappa shape index (κ2) is 5.82. The number of amides is 1. The first-order chi connectivity index (χ1) is 10.4. The third-order valence-corrected chi connectivity index (χ3v) is 3.93. The van der Waals surface area contributed by atoms with Crippen LogP contribution in [0.4, 0.5) is 4.79 Å². The van der Waals surface area contributed by atoms with Crippen LogP contribution in [-0.4, -0.2) is 35.0 Å². The van der Waals surface area contributed by atoms with Crippen LogP contribution in [0.15, 0.2) is 36.0 Å². The average Bonchev–Trinajstić information content (AvgIpc) is 2.54. The van der Waals surface area contributed by atoms with Crippen LogP contribution < -0.4 is 0 Å². The molecule has 4 heteroatoms. The molecule has 1 heterocycles. The van der Waals surface area contributed by atoms with Gasteiger partial charge in [0.05, 0.1) is 12.6 Å². The summed E-state index contributed by atoms with van der Waals surface area (Å²) in [6.45, 7) is 14.2. The molecule has 0 bridgehead atoms. The van der Waals surface area contributed by atoms with Crippen molar-refractivity contribution in [3.63, 3.8) is 0 Å². The van der Waals surface area contributed by atoms with E-state index in [9.17, 15) is 4.79 Å². The Morgan fingerprint density at radius 2 is 1.91 bits per heavy atom. The summed E-state index contributed by atoms with van der Waals surface area (Å²) in [6.07, 6.45) is 10.1. The molecule has 1 amide bonds. The van der Waals surface area contributed by atoms with Gasteiger partial charge in [-0.05, 0) is 40.2 Å². The molecule has 1 unspecified atom stereocenters. The van der Waals surface area contributed by atoms with Crippen LogP contribution in [0.2, 0.25) is 0 Å². The molecule has 1 fully saturated rings. The number of hydrogen-bond donors (Lipinski definition) is 0. The van der Waals surface area contributed by atoms with E-state index in [-0.39, 0.29) is 17.6 Å². The summed E-state index contributed by atoms with van der Waals surface area (Å²) in [7, 11) is 0. The third-order valence-electron chi connectivity index (χ3n) is 3.93. The Balaban J connectivity index is 2.34. The van der Waals surface area contributed by atoms with E-state index in [1.165, 1.54) is 0 Å². The number of nitrogens with zero attached hydrogens (tertiary/aromatic N) is 1. The Bertz CT molecular complexity index is 562. The van der Waals surface area contributed by atoms with E-state index in [4.69, 9.17) is 9.47 Å². The van der Waals surface area contributed by atoms with Crippen molar-refractivity contribution in [2.45, 2.75) is 65.8 Å². The quantitative estimate of drug-likeness (QED) is 0.717. The standard InChI is InChI=1S/C19H29NO3/c1-17(2,3)23-16(21)20-15(13-22-19(20,6)7)14-10-8-9-11-18(4,5)12-14/h8-12,15H,13H2,1-7H3. The fourth-order valence-corrected chi connectivity index (χ4v) is 2.91. The van der Waals surface area contributed by atoms with Crippen LogP contribution in [0, 0.1) is 5.41 Å². The molecule has 0 saturated carbocycles. The molecule has 0 aromatic heterocycles. The lowest BCUT2D eigenvalue weighted by Crippen LogP contribution is -2.50. The first-order valence-electron chi connectivity index (χ1n) is 8.16. The molecular formula is C19H29NO3. The van der Waals surface area contributed by atoms with Crippen molar-refractivity contribution in [2.75, 3.05) is 6.61 Å². The average molecular weight is 319 g/mol. The van der Waals surface area contributed by atoms with Crippen molar-refractivity contribution in [2.24, 2.45) is 5.41 Å². The lowest BCUT2D eigenvalue weighted by Gasteiger charge is -2.35. The zero-order chi connectivity index (χ0) is 17.5. The van der Waals surface area contributed by atoms with Gasteiger partial charge < -0.3 is 9.47 Å². The molecule has 0 spiro atoms.